The molecule has 0 fully saturated rings. The van der Waals surface area contributed by atoms with E-state index in [0.717, 1.165) is 13.0 Å². The molecule has 1 N–H and O–H groups in total. The molecule has 7 nitrogen and oxygen atoms in total. The van der Waals surface area contributed by atoms with Gasteiger partial charge in [0.15, 0.2) is 0 Å². The fourth-order valence-electron chi connectivity index (χ4n) is 1.86. The highest BCUT2D eigenvalue weighted by atomic mass is 16.6. The van der Waals surface area contributed by atoms with Crippen LogP contribution in [0.1, 0.15) is 36.8 Å². The number of amides is 1. The van der Waals surface area contributed by atoms with Gasteiger partial charge in [0.25, 0.3) is 11.6 Å². The van der Waals surface area contributed by atoms with Crippen LogP contribution in [-0.2, 0) is 0 Å². The number of rotatable bonds is 7. The van der Waals surface area contributed by atoms with Crippen molar-refractivity contribution >= 4 is 11.6 Å². The van der Waals surface area contributed by atoms with Crippen molar-refractivity contribution in [2.75, 3.05) is 27.2 Å². The van der Waals surface area contributed by atoms with Gasteiger partial charge in [-0.05, 0) is 40.9 Å². The Morgan fingerprint density at radius 3 is 2.65 bits per heavy atom. The molecule has 0 unspecified atom stereocenters. The molecule has 1 aromatic rings. The molecule has 1 rings (SSSR count). The topological polar surface area (TPSA) is 80.4 Å². The summed E-state index contributed by atoms with van der Waals surface area (Å²) in [5.74, 6) is -0.273. The van der Waals surface area contributed by atoms with Gasteiger partial charge in [-0.25, -0.2) is 0 Å². The van der Waals surface area contributed by atoms with Gasteiger partial charge in [-0.3, -0.25) is 14.9 Å². The van der Waals surface area contributed by atoms with Crippen LogP contribution in [0.2, 0.25) is 0 Å². The average Bonchev–Trinajstić information content (AvgIpc) is 2.79. The van der Waals surface area contributed by atoms with Gasteiger partial charge in [-0.2, -0.15) is 0 Å². The van der Waals surface area contributed by atoms with Crippen LogP contribution in [0, 0.1) is 10.1 Å². The highest BCUT2D eigenvalue weighted by Crippen LogP contribution is 2.20. The molecule has 7 heteroatoms. The summed E-state index contributed by atoms with van der Waals surface area (Å²) in [5, 5.41) is 13.6. The molecule has 112 valence electrons. The Balaban J connectivity index is 2.73. The number of carbonyl (C=O) groups excluding carboxylic acids is 1. The number of aromatic nitrogens is 1. The summed E-state index contributed by atoms with van der Waals surface area (Å²) in [6.07, 6.45) is 2.24. The van der Waals surface area contributed by atoms with E-state index in [1.165, 1.54) is 12.3 Å². The van der Waals surface area contributed by atoms with Crippen LogP contribution in [0.25, 0.3) is 0 Å². The maximum atomic E-state index is 12.1. The lowest BCUT2D eigenvalue weighted by atomic mass is 10.3. The number of carbonyl (C=O) groups is 1. The first-order valence-corrected chi connectivity index (χ1v) is 6.62. The second kappa shape index (κ2) is 7.04. The summed E-state index contributed by atoms with van der Waals surface area (Å²) in [7, 11) is 3.93. The molecule has 1 amide bonds. The zero-order valence-corrected chi connectivity index (χ0v) is 12.4. The largest absolute Gasteiger partial charge is 0.351 e. The Bertz CT molecular complexity index is 480. The van der Waals surface area contributed by atoms with Crippen LogP contribution < -0.4 is 5.32 Å². The molecule has 1 aromatic heterocycles. The highest BCUT2D eigenvalue weighted by molar-refractivity contribution is 5.93. The van der Waals surface area contributed by atoms with Gasteiger partial charge in [0.05, 0.1) is 11.1 Å². The van der Waals surface area contributed by atoms with Gasteiger partial charge < -0.3 is 14.8 Å². The van der Waals surface area contributed by atoms with E-state index in [2.05, 4.69) is 5.32 Å². The summed E-state index contributed by atoms with van der Waals surface area (Å²) >= 11 is 0. The second-order valence-corrected chi connectivity index (χ2v) is 5.25. The van der Waals surface area contributed by atoms with E-state index in [0.29, 0.717) is 12.2 Å². The Kier molecular flexibility index (Phi) is 5.69. The number of nitrogens with zero attached hydrogens (tertiary/aromatic N) is 3. The summed E-state index contributed by atoms with van der Waals surface area (Å²) < 4.78 is 1.62. The minimum atomic E-state index is -0.484. The third kappa shape index (κ3) is 4.34. The second-order valence-electron chi connectivity index (χ2n) is 5.25. The quantitative estimate of drug-likeness (QED) is 0.468. The lowest BCUT2D eigenvalue weighted by molar-refractivity contribution is -0.384. The maximum absolute atomic E-state index is 12.1. The molecular formula is C13H22N4O3. The van der Waals surface area contributed by atoms with Crippen LogP contribution in [0.5, 0.6) is 0 Å². The molecule has 20 heavy (non-hydrogen) atoms. The van der Waals surface area contributed by atoms with Crippen molar-refractivity contribution in [3.05, 3.63) is 28.1 Å². The van der Waals surface area contributed by atoms with E-state index in [1.54, 1.807) is 4.57 Å². The van der Waals surface area contributed by atoms with E-state index in [9.17, 15) is 14.9 Å². The van der Waals surface area contributed by atoms with Crippen molar-refractivity contribution in [3.8, 4) is 0 Å². The van der Waals surface area contributed by atoms with E-state index in [1.807, 2.05) is 32.8 Å². The standard InChI is InChI=1S/C13H22N4O3/c1-10(2)16-9-11(17(19)20)8-12(16)13(18)14-6-5-7-15(3)4/h8-10H,5-7H2,1-4H3,(H,14,18). The molecule has 0 saturated carbocycles. The summed E-state index contributed by atoms with van der Waals surface area (Å²) in [4.78, 5) is 24.4. The Morgan fingerprint density at radius 1 is 1.50 bits per heavy atom. The van der Waals surface area contributed by atoms with Gasteiger partial charge in [0, 0.05) is 18.7 Å². The fraction of sp³-hybridized carbons (Fsp3) is 0.615. The molecule has 0 aliphatic rings. The lowest BCUT2D eigenvalue weighted by Crippen LogP contribution is -2.29. The molecule has 0 aromatic carbocycles. The van der Waals surface area contributed by atoms with Crippen molar-refractivity contribution in [1.82, 2.24) is 14.8 Å². The highest BCUT2D eigenvalue weighted by Gasteiger charge is 2.20. The van der Waals surface area contributed by atoms with Crippen LogP contribution in [0.15, 0.2) is 12.3 Å². The zero-order valence-electron chi connectivity index (χ0n) is 12.4. The van der Waals surface area contributed by atoms with Gasteiger partial charge in [0.1, 0.15) is 5.69 Å². The molecule has 0 radical (unpaired) electrons. The minimum absolute atomic E-state index is 0.00812. The maximum Gasteiger partial charge on any atom is 0.287 e. The molecule has 0 bridgehead atoms. The predicted octanol–water partition coefficient (Wildman–Crippen LogP) is 1.66. The van der Waals surface area contributed by atoms with E-state index in [-0.39, 0.29) is 17.6 Å². The fourth-order valence-corrected chi connectivity index (χ4v) is 1.86. The lowest BCUT2D eigenvalue weighted by Gasteiger charge is -2.13. The molecule has 1 heterocycles. The van der Waals surface area contributed by atoms with Crippen LogP contribution in [-0.4, -0.2) is 47.5 Å². The van der Waals surface area contributed by atoms with Crippen molar-refractivity contribution in [2.24, 2.45) is 0 Å². The summed E-state index contributed by atoms with van der Waals surface area (Å²) in [6.45, 7) is 5.19. The SMILES string of the molecule is CC(C)n1cc([N+](=O)[O-])cc1C(=O)NCCCN(C)C. The Labute approximate surface area is 118 Å². The zero-order chi connectivity index (χ0) is 15.3. The number of hydrogen-bond donors (Lipinski definition) is 1. The molecule has 0 aliphatic heterocycles. The van der Waals surface area contributed by atoms with E-state index < -0.39 is 4.92 Å². The van der Waals surface area contributed by atoms with Gasteiger partial charge in [-0.1, -0.05) is 0 Å². The number of nitro groups is 1. The Morgan fingerprint density at radius 2 is 2.15 bits per heavy atom. The van der Waals surface area contributed by atoms with Gasteiger partial charge >= 0.3 is 0 Å². The third-order valence-electron chi connectivity index (χ3n) is 2.90. The molecule has 0 saturated heterocycles. The first-order chi connectivity index (χ1) is 9.32. The van der Waals surface area contributed by atoms with Gasteiger partial charge in [-0.15, -0.1) is 0 Å². The van der Waals surface area contributed by atoms with Gasteiger partial charge in [0.2, 0.25) is 0 Å². The first-order valence-electron chi connectivity index (χ1n) is 6.62. The van der Waals surface area contributed by atoms with Crippen LogP contribution in [0.3, 0.4) is 0 Å². The van der Waals surface area contributed by atoms with Crippen LogP contribution >= 0.6 is 0 Å². The predicted molar refractivity (Wildman–Crippen MR) is 77.0 cm³/mol. The summed E-state index contributed by atoms with van der Waals surface area (Å²) in [5.41, 5.74) is 0.272. The number of hydrogen-bond acceptors (Lipinski definition) is 4. The van der Waals surface area contributed by atoms with E-state index >= 15 is 0 Å². The van der Waals surface area contributed by atoms with E-state index in [4.69, 9.17) is 0 Å². The Hall–Kier alpha value is -1.89. The number of nitrogens with one attached hydrogen (secondary N) is 1. The normalized spacial score (nSPS) is 11.1. The third-order valence-corrected chi connectivity index (χ3v) is 2.90. The molecule has 0 aliphatic carbocycles. The molecular weight excluding hydrogens is 260 g/mol. The summed E-state index contributed by atoms with van der Waals surface area (Å²) in [6, 6.07) is 1.31. The van der Waals surface area contributed by atoms with Crippen LogP contribution in [0.4, 0.5) is 5.69 Å². The van der Waals surface area contributed by atoms with Crippen molar-refractivity contribution in [3.63, 3.8) is 0 Å². The monoisotopic (exact) mass is 282 g/mol. The first kappa shape index (κ1) is 16.2. The molecule has 0 atom stereocenters. The van der Waals surface area contributed by atoms with Crippen molar-refractivity contribution in [1.29, 1.82) is 0 Å². The smallest absolute Gasteiger partial charge is 0.287 e. The van der Waals surface area contributed by atoms with Crippen molar-refractivity contribution in [2.45, 2.75) is 26.3 Å². The van der Waals surface area contributed by atoms with Crippen molar-refractivity contribution < 1.29 is 9.72 Å². The molecule has 0 spiro atoms. The minimum Gasteiger partial charge on any atom is -0.351 e. The average molecular weight is 282 g/mol.